The standard InChI is InChI=1S/C21H20BrClN2O5/c1-2-29-18-6-4-3-5-17(18)25-11-13(9-20(25)27)21(28)30-12-19(26)24-16-8-7-14(22)10-15(16)23/h3-8,10,13H,2,9,11-12H2,1H3,(H,24,26)/t13-/m0/s1. The van der Waals surface area contributed by atoms with Crippen LogP contribution >= 0.6 is 27.5 Å². The number of nitrogens with one attached hydrogen (secondary N) is 1. The van der Waals surface area contributed by atoms with Gasteiger partial charge in [-0.3, -0.25) is 14.4 Å². The lowest BCUT2D eigenvalue weighted by molar-refractivity contribution is -0.151. The first-order valence-electron chi connectivity index (χ1n) is 9.32. The van der Waals surface area contributed by atoms with E-state index in [9.17, 15) is 14.4 Å². The van der Waals surface area contributed by atoms with Crippen LogP contribution in [-0.4, -0.2) is 37.5 Å². The summed E-state index contributed by atoms with van der Waals surface area (Å²) in [7, 11) is 0. The van der Waals surface area contributed by atoms with E-state index in [0.717, 1.165) is 4.47 Å². The predicted molar refractivity (Wildman–Crippen MR) is 117 cm³/mol. The molecule has 0 unspecified atom stereocenters. The summed E-state index contributed by atoms with van der Waals surface area (Å²) < 4.78 is 11.5. The molecule has 0 radical (unpaired) electrons. The average molecular weight is 496 g/mol. The van der Waals surface area contributed by atoms with E-state index in [1.807, 2.05) is 13.0 Å². The quantitative estimate of drug-likeness (QED) is 0.586. The van der Waals surface area contributed by atoms with E-state index in [-0.39, 0.29) is 18.9 Å². The van der Waals surface area contributed by atoms with Gasteiger partial charge in [0.25, 0.3) is 5.91 Å². The molecule has 158 valence electrons. The van der Waals surface area contributed by atoms with Gasteiger partial charge in [0, 0.05) is 17.4 Å². The largest absolute Gasteiger partial charge is 0.492 e. The number of carbonyl (C=O) groups is 3. The van der Waals surface area contributed by atoms with E-state index in [0.29, 0.717) is 28.8 Å². The Morgan fingerprint density at radius 2 is 2.03 bits per heavy atom. The van der Waals surface area contributed by atoms with Crippen LogP contribution in [0.4, 0.5) is 11.4 Å². The zero-order valence-electron chi connectivity index (χ0n) is 16.2. The summed E-state index contributed by atoms with van der Waals surface area (Å²) in [5, 5.41) is 2.94. The maximum Gasteiger partial charge on any atom is 0.311 e. The number of halogens is 2. The van der Waals surface area contributed by atoms with Gasteiger partial charge in [-0.05, 0) is 37.3 Å². The van der Waals surface area contributed by atoms with Gasteiger partial charge in [-0.15, -0.1) is 0 Å². The highest BCUT2D eigenvalue weighted by Gasteiger charge is 2.37. The lowest BCUT2D eigenvalue weighted by Gasteiger charge is -2.20. The van der Waals surface area contributed by atoms with E-state index >= 15 is 0 Å². The molecular weight excluding hydrogens is 476 g/mol. The van der Waals surface area contributed by atoms with Gasteiger partial charge in [-0.1, -0.05) is 39.7 Å². The van der Waals surface area contributed by atoms with E-state index < -0.39 is 24.4 Å². The molecule has 30 heavy (non-hydrogen) atoms. The Morgan fingerprint density at radius 1 is 1.27 bits per heavy atom. The van der Waals surface area contributed by atoms with Crippen LogP contribution < -0.4 is 15.0 Å². The van der Waals surface area contributed by atoms with Crippen molar-refractivity contribution in [2.45, 2.75) is 13.3 Å². The molecule has 2 aromatic carbocycles. The van der Waals surface area contributed by atoms with E-state index in [2.05, 4.69) is 21.2 Å². The topological polar surface area (TPSA) is 84.9 Å². The maximum atomic E-state index is 12.5. The van der Waals surface area contributed by atoms with Crippen molar-refractivity contribution in [3.8, 4) is 5.75 Å². The van der Waals surface area contributed by atoms with Gasteiger partial charge in [-0.2, -0.15) is 0 Å². The van der Waals surface area contributed by atoms with Gasteiger partial charge < -0.3 is 19.7 Å². The number of hydrogen-bond acceptors (Lipinski definition) is 5. The Morgan fingerprint density at radius 3 is 2.77 bits per heavy atom. The van der Waals surface area contributed by atoms with E-state index in [1.54, 1.807) is 36.4 Å². The second kappa shape index (κ2) is 9.95. The van der Waals surface area contributed by atoms with Crippen LogP contribution in [0.25, 0.3) is 0 Å². The van der Waals surface area contributed by atoms with Crippen LogP contribution in [-0.2, 0) is 19.1 Å². The van der Waals surface area contributed by atoms with Gasteiger partial charge >= 0.3 is 5.97 Å². The van der Waals surface area contributed by atoms with Gasteiger partial charge in [0.2, 0.25) is 5.91 Å². The summed E-state index contributed by atoms with van der Waals surface area (Å²) in [6.45, 7) is 2.02. The highest BCUT2D eigenvalue weighted by Crippen LogP contribution is 2.33. The summed E-state index contributed by atoms with van der Waals surface area (Å²) in [5.41, 5.74) is 1.03. The molecule has 1 saturated heterocycles. The molecule has 0 aromatic heterocycles. The fraction of sp³-hybridized carbons (Fsp3) is 0.286. The molecule has 1 heterocycles. The van der Waals surface area contributed by atoms with Crippen molar-refractivity contribution < 1.29 is 23.9 Å². The number of anilines is 2. The van der Waals surface area contributed by atoms with Crippen molar-refractivity contribution in [2.75, 3.05) is 30.0 Å². The summed E-state index contributed by atoms with van der Waals surface area (Å²) >= 11 is 9.34. The molecule has 1 atom stereocenters. The Bertz CT molecular complexity index is 968. The van der Waals surface area contributed by atoms with Gasteiger partial charge in [0.05, 0.1) is 28.9 Å². The lowest BCUT2D eigenvalue weighted by atomic mass is 10.1. The minimum Gasteiger partial charge on any atom is -0.492 e. The first kappa shape index (κ1) is 22.1. The molecule has 0 aliphatic carbocycles. The number of benzene rings is 2. The highest BCUT2D eigenvalue weighted by atomic mass is 79.9. The number of para-hydroxylation sites is 2. The summed E-state index contributed by atoms with van der Waals surface area (Å²) in [4.78, 5) is 38.5. The zero-order chi connectivity index (χ0) is 21.7. The maximum absolute atomic E-state index is 12.5. The zero-order valence-corrected chi connectivity index (χ0v) is 18.5. The number of esters is 1. The lowest BCUT2D eigenvalue weighted by Crippen LogP contribution is -2.28. The van der Waals surface area contributed by atoms with E-state index in [1.165, 1.54) is 4.90 Å². The molecule has 2 aromatic rings. The molecule has 7 nitrogen and oxygen atoms in total. The molecule has 1 fully saturated rings. The number of amides is 2. The predicted octanol–water partition coefficient (Wildman–Crippen LogP) is 4.04. The molecule has 3 rings (SSSR count). The molecule has 1 aliphatic heterocycles. The number of ether oxygens (including phenoxy) is 2. The third-order valence-corrected chi connectivity index (χ3v) is 5.27. The third-order valence-electron chi connectivity index (χ3n) is 4.47. The van der Waals surface area contributed by atoms with Crippen molar-refractivity contribution in [1.29, 1.82) is 0 Å². The van der Waals surface area contributed by atoms with Crippen LogP contribution in [0.5, 0.6) is 5.75 Å². The van der Waals surface area contributed by atoms with Crippen molar-refractivity contribution in [3.63, 3.8) is 0 Å². The van der Waals surface area contributed by atoms with Gasteiger partial charge in [-0.25, -0.2) is 0 Å². The molecular formula is C21H20BrClN2O5. The van der Waals surface area contributed by atoms with Crippen LogP contribution in [0.3, 0.4) is 0 Å². The first-order chi connectivity index (χ1) is 14.4. The second-order valence-corrected chi connectivity index (χ2v) is 7.91. The molecule has 1 N–H and O–H groups in total. The SMILES string of the molecule is CCOc1ccccc1N1C[C@@H](C(=O)OCC(=O)Nc2ccc(Br)cc2Cl)CC1=O. The van der Waals surface area contributed by atoms with Crippen LogP contribution in [0.2, 0.25) is 5.02 Å². The summed E-state index contributed by atoms with van der Waals surface area (Å²) in [5.74, 6) is -1.40. The molecule has 9 heteroatoms. The Hall–Kier alpha value is -2.58. The number of nitrogens with zero attached hydrogens (tertiary/aromatic N) is 1. The van der Waals surface area contributed by atoms with Crippen molar-refractivity contribution in [1.82, 2.24) is 0 Å². The molecule has 2 amide bonds. The minimum absolute atomic E-state index is 0.0133. The molecule has 0 spiro atoms. The van der Waals surface area contributed by atoms with Gasteiger partial charge in [0.15, 0.2) is 6.61 Å². The van der Waals surface area contributed by atoms with E-state index in [4.69, 9.17) is 21.1 Å². The van der Waals surface area contributed by atoms with Crippen molar-refractivity contribution in [2.24, 2.45) is 5.92 Å². The highest BCUT2D eigenvalue weighted by molar-refractivity contribution is 9.10. The molecule has 0 bridgehead atoms. The summed E-state index contributed by atoms with van der Waals surface area (Å²) in [6.07, 6.45) is 0.0133. The minimum atomic E-state index is -0.656. The first-order valence-corrected chi connectivity index (χ1v) is 10.5. The smallest absolute Gasteiger partial charge is 0.311 e. The van der Waals surface area contributed by atoms with Crippen LogP contribution in [0.15, 0.2) is 46.9 Å². The number of hydrogen-bond donors (Lipinski definition) is 1. The fourth-order valence-electron chi connectivity index (χ4n) is 3.09. The Kier molecular flexibility index (Phi) is 7.33. The normalized spacial score (nSPS) is 15.8. The monoisotopic (exact) mass is 494 g/mol. The Balaban J connectivity index is 1.56. The van der Waals surface area contributed by atoms with Crippen LogP contribution in [0.1, 0.15) is 13.3 Å². The number of carbonyl (C=O) groups excluding carboxylic acids is 3. The number of rotatable bonds is 7. The van der Waals surface area contributed by atoms with Crippen molar-refractivity contribution >= 4 is 56.7 Å². The van der Waals surface area contributed by atoms with Crippen LogP contribution in [0, 0.1) is 5.92 Å². The summed E-state index contributed by atoms with van der Waals surface area (Å²) in [6, 6.07) is 12.2. The Labute approximate surface area is 187 Å². The molecule has 1 aliphatic rings. The van der Waals surface area contributed by atoms with Crippen molar-refractivity contribution in [3.05, 3.63) is 52.0 Å². The second-order valence-electron chi connectivity index (χ2n) is 6.59. The average Bonchev–Trinajstić information content (AvgIpc) is 3.10. The van der Waals surface area contributed by atoms with Gasteiger partial charge in [0.1, 0.15) is 5.75 Å². The fourth-order valence-corrected chi connectivity index (χ4v) is 3.81. The molecule has 0 saturated carbocycles. The third kappa shape index (κ3) is 5.31.